The van der Waals surface area contributed by atoms with E-state index >= 15 is 0 Å². The van der Waals surface area contributed by atoms with Crippen LogP contribution in [0.1, 0.15) is 39.7 Å². The number of ketones is 1. The van der Waals surface area contributed by atoms with Gasteiger partial charge in [0.1, 0.15) is 6.04 Å². The van der Waals surface area contributed by atoms with Gasteiger partial charge in [-0.3, -0.25) is 14.4 Å². The zero-order valence-corrected chi connectivity index (χ0v) is 15.4. The Bertz CT molecular complexity index is 609. The lowest BCUT2D eigenvalue weighted by Crippen LogP contribution is -2.53. The van der Waals surface area contributed by atoms with Gasteiger partial charge >= 0.3 is 0 Å². The molecule has 0 aliphatic carbocycles. The van der Waals surface area contributed by atoms with E-state index < -0.39 is 12.1 Å². The van der Waals surface area contributed by atoms with Crippen LogP contribution < -0.4 is 10.6 Å². The summed E-state index contributed by atoms with van der Waals surface area (Å²) in [7, 11) is 0. The fourth-order valence-corrected chi connectivity index (χ4v) is 2.44. The zero-order chi connectivity index (χ0) is 18.8. The molecule has 5 nitrogen and oxygen atoms in total. The van der Waals surface area contributed by atoms with E-state index in [1.54, 1.807) is 6.08 Å². The van der Waals surface area contributed by atoms with Crippen LogP contribution in [0.15, 0.2) is 42.5 Å². The van der Waals surface area contributed by atoms with Crippen LogP contribution >= 0.6 is 0 Å². The molecule has 0 radical (unpaired) electrons. The van der Waals surface area contributed by atoms with Gasteiger partial charge in [-0.05, 0) is 24.0 Å². The molecule has 0 aromatic heterocycles. The Labute approximate surface area is 149 Å². The number of hydrogen-bond donors (Lipinski definition) is 2. The minimum atomic E-state index is -0.668. The number of amides is 2. The molecular formula is C20H28N2O3. The third kappa shape index (κ3) is 7.33. The Morgan fingerprint density at radius 2 is 1.72 bits per heavy atom. The number of rotatable bonds is 9. The summed E-state index contributed by atoms with van der Waals surface area (Å²) in [5, 5.41) is 5.46. The van der Waals surface area contributed by atoms with Crippen LogP contribution in [-0.2, 0) is 20.8 Å². The first-order valence-corrected chi connectivity index (χ1v) is 8.66. The smallest absolute Gasteiger partial charge is 0.243 e. The van der Waals surface area contributed by atoms with Crippen molar-refractivity contribution in [3.05, 3.63) is 48.0 Å². The summed E-state index contributed by atoms with van der Waals surface area (Å²) in [6.45, 7) is 7.02. The van der Waals surface area contributed by atoms with Gasteiger partial charge in [-0.15, -0.1) is 0 Å². The van der Waals surface area contributed by atoms with Crippen molar-refractivity contribution < 1.29 is 14.4 Å². The Hall–Kier alpha value is -2.43. The molecule has 25 heavy (non-hydrogen) atoms. The number of allylic oxidation sites excluding steroid dienone is 1. The molecule has 2 N–H and O–H groups in total. The number of carbonyl (C=O) groups excluding carboxylic acids is 3. The van der Waals surface area contributed by atoms with Gasteiger partial charge in [0.2, 0.25) is 11.8 Å². The second-order valence-electron chi connectivity index (χ2n) is 6.39. The summed E-state index contributed by atoms with van der Waals surface area (Å²) in [6.07, 6.45) is 4.44. The number of hydrogen-bond acceptors (Lipinski definition) is 3. The van der Waals surface area contributed by atoms with Crippen LogP contribution in [0.4, 0.5) is 0 Å². The van der Waals surface area contributed by atoms with Crippen molar-refractivity contribution in [2.24, 2.45) is 5.92 Å². The molecule has 0 bridgehead atoms. The Morgan fingerprint density at radius 3 is 2.24 bits per heavy atom. The lowest BCUT2D eigenvalue weighted by molar-refractivity contribution is -0.131. The van der Waals surface area contributed by atoms with Gasteiger partial charge in [-0.1, -0.05) is 57.2 Å². The van der Waals surface area contributed by atoms with E-state index in [1.807, 2.05) is 51.1 Å². The second-order valence-corrected chi connectivity index (χ2v) is 6.39. The van der Waals surface area contributed by atoms with Crippen LogP contribution in [0.5, 0.6) is 0 Å². The molecule has 0 heterocycles. The third-order valence-corrected chi connectivity index (χ3v) is 3.77. The largest absolute Gasteiger partial charge is 0.344 e. The van der Waals surface area contributed by atoms with Gasteiger partial charge in [0.05, 0.1) is 6.04 Å². The molecule has 0 saturated heterocycles. The first kappa shape index (κ1) is 20.6. The maximum Gasteiger partial charge on any atom is 0.243 e. The van der Waals surface area contributed by atoms with Crippen molar-refractivity contribution in [2.75, 3.05) is 0 Å². The molecular weight excluding hydrogens is 316 g/mol. The average molecular weight is 344 g/mol. The highest BCUT2D eigenvalue weighted by Crippen LogP contribution is 2.08. The summed E-state index contributed by atoms with van der Waals surface area (Å²) >= 11 is 0. The van der Waals surface area contributed by atoms with E-state index in [4.69, 9.17) is 0 Å². The molecule has 2 atom stereocenters. The minimum absolute atomic E-state index is 0.0810. The SMILES string of the molecule is CC/C=C/C(=O)[C@H](Cc1ccccc1)NC(=O)[C@@H](NC(C)=O)C(C)C. The monoisotopic (exact) mass is 344 g/mol. The minimum Gasteiger partial charge on any atom is -0.344 e. The van der Waals surface area contributed by atoms with E-state index in [2.05, 4.69) is 10.6 Å². The number of carbonyl (C=O) groups is 3. The Morgan fingerprint density at radius 1 is 1.08 bits per heavy atom. The lowest BCUT2D eigenvalue weighted by atomic mass is 9.99. The fourth-order valence-electron chi connectivity index (χ4n) is 2.44. The molecule has 2 amide bonds. The van der Waals surface area contributed by atoms with Crippen LogP contribution in [0.3, 0.4) is 0 Å². The highest BCUT2D eigenvalue weighted by Gasteiger charge is 2.27. The van der Waals surface area contributed by atoms with Crippen LogP contribution in [0, 0.1) is 5.92 Å². The van der Waals surface area contributed by atoms with Gasteiger partial charge < -0.3 is 10.6 Å². The van der Waals surface area contributed by atoms with Crippen LogP contribution in [-0.4, -0.2) is 29.7 Å². The third-order valence-electron chi connectivity index (χ3n) is 3.77. The van der Waals surface area contributed by atoms with Crippen molar-refractivity contribution in [3.63, 3.8) is 0 Å². The van der Waals surface area contributed by atoms with Gasteiger partial charge in [-0.2, -0.15) is 0 Å². The topological polar surface area (TPSA) is 75.3 Å². The lowest BCUT2D eigenvalue weighted by Gasteiger charge is -2.24. The van der Waals surface area contributed by atoms with E-state index in [0.717, 1.165) is 12.0 Å². The molecule has 0 saturated carbocycles. The van der Waals surface area contributed by atoms with Crippen LogP contribution in [0.25, 0.3) is 0 Å². The maximum atomic E-state index is 12.6. The van der Waals surface area contributed by atoms with Gasteiger partial charge in [0.15, 0.2) is 5.78 Å². The number of nitrogens with one attached hydrogen (secondary N) is 2. The second kappa shape index (κ2) is 10.4. The highest BCUT2D eigenvalue weighted by atomic mass is 16.2. The summed E-state index contributed by atoms with van der Waals surface area (Å²) in [5.41, 5.74) is 0.965. The predicted octanol–water partition coefficient (Wildman–Crippen LogP) is 2.41. The van der Waals surface area contributed by atoms with E-state index in [1.165, 1.54) is 13.0 Å². The molecule has 136 valence electrons. The van der Waals surface area contributed by atoms with Crippen molar-refractivity contribution in [3.8, 4) is 0 Å². The molecule has 5 heteroatoms. The van der Waals surface area contributed by atoms with Crippen molar-refractivity contribution in [2.45, 2.75) is 52.6 Å². The van der Waals surface area contributed by atoms with Gasteiger partial charge in [-0.25, -0.2) is 0 Å². The van der Waals surface area contributed by atoms with Crippen molar-refractivity contribution >= 4 is 17.6 Å². The molecule has 0 spiro atoms. The normalized spacial score (nSPS) is 13.5. The summed E-state index contributed by atoms with van der Waals surface area (Å²) in [6, 6.07) is 8.21. The van der Waals surface area contributed by atoms with Crippen LogP contribution in [0.2, 0.25) is 0 Å². The van der Waals surface area contributed by atoms with Crippen molar-refractivity contribution in [1.82, 2.24) is 10.6 Å². The fraction of sp³-hybridized carbons (Fsp3) is 0.450. The summed E-state index contributed by atoms with van der Waals surface area (Å²) < 4.78 is 0. The first-order chi connectivity index (χ1) is 11.8. The summed E-state index contributed by atoms with van der Waals surface area (Å²) in [5.74, 6) is -0.845. The molecule has 0 unspecified atom stereocenters. The number of benzene rings is 1. The predicted molar refractivity (Wildman–Crippen MR) is 99.0 cm³/mol. The Kier molecular flexibility index (Phi) is 8.61. The molecule has 1 aromatic carbocycles. The maximum absolute atomic E-state index is 12.6. The zero-order valence-electron chi connectivity index (χ0n) is 15.4. The van der Waals surface area contributed by atoms with Gasteiger partial charge in [0.25, 0.3) is 0 Å². The molecule has 1 aromatic rings. The van der Waals surface area contributed by atoms with Crippen molar-refractivity contribution in [1.29, 1.82) is 0 Å². The van der Waals surface area contributed by atoms with E-state index in [-0.39, 0.29) is 23.5 Å². The molecule has 1 rings (SSSR count). The highest BCUT2D eigenvalue weighted by molar-refractivity contribution is 5.98. The quantitative estimate of drug-likeness (QED) is 0.676. The molecule has 0 aliphatic heterocycles. The Balaban J connectivity index is 2.94. The summed E-state index contributed by atoms with van der Waals surface area (Å²) in [4.78, 5) is 36.4. The van der Waals surface area contributed by atoms with E-state index in [9.17, 15) is 14.4 Å². The van der Waals surface area contributed by atoms with E-state index in [0.29, 0.717) is 6.42 Å². The molecule has 0 fully saturated rings. The average Bonchev–Trinajstić information content (AvgIpc) is 2.57. The molecule has 0 aliphatic rings. The first-order valence-electron chi connectivity index (χ1n) is 8.66. The van der Waals surface area contributed by atoms with Gasteiger partial charge in [0, 0.05) is 13.3 Å². The standard InChI is InChI=1S/C20H28N2O3/c1-5-6-12-18(24)17(13-16-10-8-7-9-11-16)22-20(25)19(14(2)3)21-15(4)23/h6-12,14,17,19H,5,13H2,1-4H3,(H,21,23)(H,22,25)/b12-6+/t17-,19-/m0/s1.